The van der Waals surface area contributed by atoms with E-state index in [9.17, 15) is 22.8 Å². The molecule has 0 bridgehead atoms. The van der Waals surface area contributed by atoms with E-state index in [1.165, 1.54) is 12.3 Å². The summed E-state index contributed by atoms with van der Waals surface area (Å²) in [7, 11) is 1.75. The highest BCUT2D eigenvalue weighted by atomic mass is 19.4. The maximum atomic E-state index is 13.7. The maximum absolute atomic E-state index is 13.7. The number of pyridine rings is 2. The van der Waals surface area contributed by atoms with Gasteiger partial charge in [-0.15, -0.1) is 0 Å². The Labute approximate surface area is 214 Å². The first kappa shape index (κ1) is 24.9. The number of carbonyl (C=O) groups is 1. The minimum atomic E-state index is -4.80. The summed E-state index contributed by atoms with van der Waals surface area (Å²) in [4.78, 5) is 28.8. The zero-order valence-electron chi connectivity index (χ0n) is 20.2. The molecule has 0 unspecified atom stereocenters. The third-order valence-corrected chi connectivity index (χ3v) is 5.88. The lowest BCUT2D eigenvalue weighted by Gasteiger charge is -2.07. The van der Waals surface area contributed by atoms with Crippen molar-refractivity contribution in [3.63, 3.8) is 0 Å². The zero-order valence-corrected chi connectivity index (χ0v) is 20.2. The van der Waals surface area contributed by atoms with Gasteiger partial charge in [0, 0.05) is 49.8 Å². The summed E-state index contributed by atoms with van der Waals surface area (Å²) in [6, 6.07) is 13.7. The molecule has 0 fully saturated rings. The minimum Gasteiger partial charge on any atom is -0.348 e. The van der Waals surface area contributed by atoms with E-state index in [1.54, 1.807) is 71.2 Å². The highest BCUT2D eigenvalue weighted by molar-refractivity contribution is 5.95. The SMILES string of the molecule is Cn1cc2cc(CNC(=O)c3cn(Cc4ccc(Cn5ccccc5=O)cc4)nc3C(F)(F)F)cnc2n1. The van der Waals surface area contributed by atoms with E-state index >= 15 is 0 Å². The van der Waals surface area contributed by atoms with Crippen LogP contribution in [0.1, 0.15) is 32.7 Å². The van der Waals surface area contributed by atoms with Crippen LogP contribution in [0, 0.1) is 0 Å². The van der Waals surface area contributed by atoms with Crippen LogP contribution in [0.25, 0.3) is 11.0 Å². The summed E-state index contributed by atoms with van der Waals surface area (Å²) in [6.45, 7) is 0.391. The molecule has 0 radical (unpaired) electrons. The van der Waals surface area contributed by atoms with Gasteiger partial charge in [0.25, 0.3) is 11.5 Å². The quantitative estimate of drug-likeness (QED) is 0.354. The van der Waals surface area contributed by atoms with Crippen molar-refractivity contribution in [3.05, 3.63) is 112 Å². The standard InChI is InChI=1S/C26H22F3N7O2/c1-34-15-20-10-19(11-30-24(20)33-34)12-31-25(38)21-16-36(32-23(21)26(27,28)29)14-18-7-5-17(6-8-18)13-35-9-3-2-4-22(35)37/h2-11,15-16H,12-14H2,1H3,(H,31,38). The first-order valence-electron chi connectivity index (χ1n) is 11.6. The average molecular weight is 522 g/mol. The van der Waals surface area contributed by atoms with Crippen molar-refractivity contribution in [2.75, 3.05) is 0 Å². The van der Waals surface area contributed by atoms with Crippen LogP contribution in [-0.2, 0) is 32.9 Å². The van der Waals surface area contributed by atoms with E-state index in [-0.39, 0.29) is 18.6 Å². The Balaban J connectivity index is 1.30. The molecule has 1 N–H and O–H groups in total. The number of rotatable bonds is 7. The van der Waals surface area contributed by atoms with Crippen molar-refractivity contribution >= 4 is 16.9 Å². The maximum Gasteiger partial charge on any atom is 0.435 e. The summed E-state index contributed by atoms with van der Waals surface area (Å²) < 4.78 is 45.3. The molecule has 0 saturated heterocycles. The Bertz CT molecular complexity index is 1670. The molecule has 5 aromatic rings. The molecule has 0 aliphatic carbocycles. The van der Waals surface area contributed by atoms with E-state index in [2.05, 4.69) is 20.5 Å². The molecule has 12 heteroatoms. The lowest BCUT2D eigenvalue weighted by atomic mass is 10.1. The second-order valence-corrected chi connectivity index (χ2v) is 8.81. The van der Waals surface area contributed by atoms with E-state index in [0.29, 0.717) is 23.3 Å². The van der Waals surface area contributed by atoms with Crippen LogP contribution in [0.4, 0.5) is 13.2 Å². The molecular formula is C26H22F3N7O2. The average Bonchev–Trinajstić information content (AvgIpc) is 3.47. The van der Waals surface area contributed by atoms with Gasteiger partial charge in [-0.2, -0.15) is 23.4 Å². The second-order valence-electron chi connectivity index (χ2n) is 8.81. The van der Waals surface area contributed by atoms with Crippen LogP contribution < -0.4 is 10.9 Å². The summed E-state index contributed by atoms with van der Waals surface area (Å²) in [5, 5.41) is 11.1. The Kier molecular flexibility index (Phi) is 6.53. The van der Waals surface area contributed by atoms with Crippen LogP contribution in [0.15, 0.2) is 78.1 Å². The Hall–Kier alpha value is -4.74. The summed E-state index contributed by atoms with van der Waals surface area (Å²) >= 11 is 0. The molecule has 0 aliphatic heterocycles. The number of halogens is 3. The van der Waals surface area contributed by atoms with Crippen molar-refractivity contribution in [3.8, 4) is 0 Å². The first-order valence-corrected chi connectivity index (χ1v) is 11.6. The molecule has 1 amide bonds. The Morgan fingerprint density at radius 1 is 0.974 bits per heavy atom. The number of fused-ring (bicyclic) bond motifs is 1. The topological polar surface area (TPSA) is 99.6 Å². The predicted molar refractivity (Wildman–Crippen MR) is 132 cm³/mol. The van der Waals surface area contributed by atoms with Gasteiger partial charge in [0.2, 0.25) is 0 Å². The van der Waals surface area contributed by atoms with Crippen molar-refractivity contribution < 1.29 is 18.0 Å². The Morgan fingerprint density at radius 2 is 1.71 bits per heavy atom. The van der Waals surface area contributed by atoms with Gasteiger partial charge in [-0.1, -0.05) is 30.3 Å². The van der Waals surface area contributed by atoms with Gasteiger partial charge in [0.1, 0.15) is 0 Å². The molecule has 0 saturated carbocycles. The van der Waals surface area contributed by atoms with Crippen LogP contribution >= 0.6 is 0 Å². The number of carbonyl (C=O) groups excluding carboxylic acids is 1. The van der Waals surface area contributed by atoms with Crippen molar-refractivity contribution in [1.29, 1.82) is 0 Å². The largest absolute Gasteiger partial charge is 0.435 e. The molecule has 0 spiro atoms. The fourth-order valence-corrected chi connectivity index (χ4v) is 4.06. The molecule has 0 atom stereocenters. The monoisotopic (exact) mass is 521 g/mol. The highest BCUT2D eigenvalue weighted by Gasteiger charge is 2.39. The van der Waals surface area contributed by atoms with Gasteiger partial charge in [-0.25, -0.2) is 4.98 Å². The molecular weight excluding hydrogens is 499 g/mol. The van der Waals surface area contributed by atoms with Gasteiger partial charge in [-0.05, 0) is 28.8 Å². The summed E-state index contributed by atoms with van der Waals surface area (Å²) in [5.41, 5.74) is 0.755. The van der Waals surface area contributed by atoms with Gasteiger partial charge in [0.15, 0.2) is 11.3 Å². The number of aryl methyl sites for hydroxylation is 1. The predicted octanol–water partition coefficient (Wildman–Crippen LogP) is 3.37. The normalized spacial score (nSPS) is 11.7. The van der Waals surface area contributed by atoms with Crippen LogP contribution in [-0.4, -0.2) is 35.0 Å². The fraction of sp³-hybridized carbons (Fsp3) is 0.192. The summed E-state index contributed by atoms with van der Waals surface area (Å²) in [5.74, 6) is -0.890. The third-order valence-electron chi connectivity index (χ3n) is 5.88. The number of hydrogen-bond donors (Lipinski definition) is 1. The second kappa shape index (κ2) is 9.96. The molecule has 194 valence electrons. The first-order chi connectivity index (χ1) is 18.2. The fourth-order valence-electron chi connectivity index (χ4n) is 4.06. The third kappa shape index (κ3) is 5.48. The highest BCUT2D eigenvalue weighted by Crippen LogP contribution is 2.31. The van der Waals surface area contributed by atoms with Crippen LogP contribution in [0.5, 0.6) is 0 Å². The van der Waals surface area contributed by atoms with Crippen molar-refractivity contribution in [1.82, 2.24) is 34.4 Å². The van der Waals surface area contributed by atoms with Gasteiger partial charge < -0.3 is 9.88 Å². The van der Waals surface area contributed by atoms with Crippen molar-refractivity contribution in [2.45, 2.75) is 25.8 Å². The van der Waals surface area contributed by atoms with Crippen molar-refractivity contribution in [2.24, 2.45) is 7.05 Å². The lowest BCUT2D eigenvalue weighted by Crippen LogP contribution is -2.25. The number of benzene rings is 1. The lowest BCUT2D eigenvalue weighted by molar-refractivity contribution is -0.141. The number of amides is 1. The Morgan fingerprint density at radius 3 is 2.42 bits per heavy atom. The molecule has 4 heterocycles. The number of hydrogen-bond acceptors (Lipinski definition) is 5. The number of alkyl halides is 3. The van der Waals surface area contributed by atoms with E-state index in [4.69, 9.17) is 0 Å². The number of aromatic nitrogens is 6. The zero-order chi connectivity index (χ0) is 26.9. The van der Waals surface area contributed by atoms with Crippen LogP contribution in [0.3, 0.4) is 0 Å². The number of nitrogens with one attached hydrogen (secondary N) is 1. The van der Waals surface area contributed by atoms with Gasteiger partial charge in [-0.3, -0.25) is 19.0 Å². The molecule has 0 aliphatic rings. The molecule has 5 rings (SSSR count). The minimum absolute atomic E-state index is 0.00882. The van der Waals surface area contributed by atoms with Gasteiger partial charge >= 0.3 is 6.18 Å². The molecule has 38 heavy (non-hydrogen) atoms. The van der Waals surface area contributed by atoms with Crippen LogP contribution in [0.2, 0.25) is 0 Å². The molecule has 1 aromatic carbocycles. The molecule has 9 nitrogen and oxygen atoms in total. The smallest absolute Gasteiger partial charge is 0.348 e. The number of nitrogens with zero attached hydrogens (tertiary/aromatic N) is 6. The summed E-state index contributed by atoms with van der Waals surface area (Å²) in [6.07, 6.45) is 1.24. The van der Waals surface area contributed by atoms with E-state index < -0.39 is 23.3 Å². The molecule has 4 aromatic heterocycles. The van der Waals surface area contributed by atoms with E-state index in [0.717, 1.165) is 21.8 Å². The van der Waals surface area contributed by atoms with E-state index in [1.807, 2.05) is 0 Å². The van der Waals surface area contributed by atoms with Gasteiger partial charge in [0.05, 0.1) is 18.7 Å².